The van der Waals surface area contributed by atoms with Gasteiger partial charge >= 0.3 is 0 Å². The van der Waals surface area contributed by atoms with Gasteiger partial charge in [0.25, 0.3) is 0 Å². The van der Waals surface area contributed by atoms with Crippen LogP contribution in [0.2, 0.25) is 0 Å². The maximum atomic E-state index is 5.86. The quantitative estimate of drug-likeness (QED) is 0.833. The van der Waals surface area contributed by atoms with Crippen molar-refractivity contribution < 1.29 is 4.74 Å². The third kappa shape index (κ3) is 3.61. The van der Waals surface area contributed by atoms with Gasteiger partial charge in [-0.15, -0.1) is 0 Å². The van der Waals surface area contributed by atoms with E-state index in [-0.39, 0.29) is 0 Å². The van der Waals surface area contributed by atoms with Gasteiger partial charge in [-0.2, -0.15) is 0 Å². The molecule has 0 aromatic heterocycles. The fourth-order valence-corrected chi connectivity index (χ4v) is 4.62. The third-order valence-electron chi connectivity index (χ3n) is 5.95. The fraction of sp³-hybridized carbons (Fsp3) is 1.00. The second kappa shape index (κ2) is 6.95. The van der Waals surface area contributed by atoms with Crippen molar-refractivity contribution in [3.05, 3.63) is 0 Å². The minimum Gasteiger partial charge on any atom is -0.381 e. The first-order chi connectivity index (χ1) is 10.2. The summed E-state index contributed by atoms with van der Waals surface area (Å²) < 4.78 is 5.86. The van der Waals surface area contributed by atoms with Crippen molar-refractivity contribution in [3.8, 4) is 0 Å². The second-order valence-corrected chi connectivity index (χ2v) is 7.51. The Kier molecular flexibility index (Phi) is 5.20. The van der Waals surface area contributed by atoms with Crippen LogP contribution in [-0.2, 0) is 4.74 Å². The Balaban J connectivity index is 1.62. The first-order valence-electron chi connectivity index (χ1n) is 8.95. The van der Waals surface area contributed by atoms with Crippen molar-refractivity contribution in [1.29, 1.82) is 0 Å². The van der Waals surface area contributed by atoms with Crippen molar-refractivity contribution in [1.82, 2.24) is 15.1 Å². The highest BCUT2D eigenvalue weighted by Gasteiger charge is 2.39. The van der Waals surface area contributed by atoms with E-state index in [1.54, 1.807) is 0 Å². The molecule has 4 nitrogen and oxygen atoms in total. The molecule has 3 saturated heterocycles. The summed E-state index contributed by atoms with van der Waals surface area (Å²) >= 11 is 0. The van der Waals surface area contributed by atoms with E-state index >= 15 is 0 Å². The SMILES string of the molecule is CCNCC1(CN2CCC3CCC(C2)N3C)CCCOC1. The summed E-state index contributed by atoms with van der Waals surface area (Å²) in [6, 6.07) is 1.63. The van der Waals surface area contributed by atoms with Gasteiger partial charge in [-0.05, 0) is 52.2 Å². The average Bonchev–Trinajstić information content (AvgIpc) is 2.75. The van der Waals surface area contributed by atoms with Gasteiger partial charge < -0.3 is 15.0 Å². The van der Waals surface area contributed by atoms with E-state index in [2.05, 4.69) is 29.1 Å². The topological polar surface area (TPSA) is 27.7 Å². The maximum absolute atomic E-state index is 5.86. The van der Waals surface area contributed by atoms with Gasteiger partial charge in [0, 0.05) is 43.7 Å². The van der Waals surface area contributed by atoms with E-state index in [0.29, 0.717) is 5.41 Å². The summed E-state index contributed by atoms with van der Waals surface area (Å²) in [6.07, 6.45) is 6.71. The van der Waals surface area contributed by atoms with Crippen LogP contribution in [0.1, 0.15) is 39.0 Å². The zero-order valence-electron chi connectivity index (χ0n) is 13.9. The number of rotatable bonds is 5. The van der Waals surface area contributed by atoms with Crippen LogP contribution < -0.4 is 5.32 Å². The summed E-state index contributed by atoms with van der Waals surface area (Å²) in [5.41, 5.74) is 0.344. The molecule has 0 radical (unpaired) electrons. The largest absolute Gasteiger partial charge is 0.381 e. The molecule has 1 N–H and O–H groups in total. The van der Waals surface area contributed by atoms with Gasteiger partial charge in [0.2, 0.25) is 0 Å². The second-order valence-electron chi connectivity index (χ2n) is 7.51. The standard InChI is InChI=1S/C17H33N3O/c1-3-18-12-17(8-4-10-21-14-17)13-20-9-7-15-5-6-16(11-20)19(15)2/h15-16,18H,3-14H2,1-2H3. The van der Waals surface area contributed by atoms with Crippen molar-refractivity contribution in [2.75, 3.05) is 53.0 Å². The molecule has 4 heteroatoms. The Hall–Kier alpha value is -0.160. The lowest BCUT2D eigenvalue weighted by Crippen LogP contribution is -2.50. The molecule has 21 heavy (non-hydrogen) atoms. The molecule has 0 saturated carbocycles. The van der Waals surface area contributed by atoms with Crippen LogP contribution in [0.4, 0.5) is 0 Å². The number of hydrogen-bond acceptors (Lipinski definition) is 4. The first-order valence-corrected chi connectivity index (χ1v) is 8.95. The number of fused-ring (bicyclic) bond motifs is 2. The van der Waals surface area contributed by atoms with E-state index in [1.807, 2.05) is 0 Å². The minimum atomic E-state index is 0.344. The van der Waals surface area contributed by atoms with Gasteiger partial charge in [-0.1, -0.05) is 6.92 Å². The predicted molar refractivity (Wildman–Crippen MR) is 86.7 cm³/mol. The van der Waals surface area contributed by atoms with E-state index in [9.17, 15) is 0 Å². The normalized spacial score (nSPS) is 38.6. The Morgan fingerprint density at radius 1 is 1.24 bits per heavy atom. The van der Waals surface area contributed by atoms with Gasteiger partial charge in [0.05, 0.1) is 6.61 Å². The maximum Gasteiger partial charge on any atom is 0.0546 e. The molecule has 3 heterocycles. The molecule has 3 aliphatic rings. The summed E-state index contributed by atoms with van der Waals surface area (Å²) in [5.74, 6) is 0. The van der Waals surface area contributed by atoms with Crippen LogP contribution >= 0.6 is 0 Å². The Bertz CT molecular complexity index is 330. The van der Waals surface area contributed by atoms with Gasteiger partial charge in [-0.25, -0.2) is 0 Å². The Morgan fingerprint density at radius 2 is 2.10 bits per heavy atom. The molecule has 3 unspecified atom stereocenters. The van der Waals surface area contributed by atoms with E-state index in [4.69, 9.17) is 4.74 Å². The van der Waals surface area contributed by atoms with Crippen LogP contribution in [0.15, 0.2) is 0 Å². The first kappa shape index (κ1) is 15.7. The highest BCUT2D eigenvalue weighted by molar-refractivity contribution is 4.94. The van der Waals surface area contributed by atoms with Gasteiger partial charge in [0.15, 0.2) is 0 Å². The highest BCUT2D eigenvalue weighted by Crippen LogP contribution is 2.33. The van der Waals surface area contributed by atoms with Crippen LogP contribution in [0.3, 0.4) is 0 Å². The van der Waals surface area contributed by atoms with E-state index < -0.39 is 0 Å². The molecule has 0 aromatic rings. The molecular weight excluding hydrogens is 262 g/mol. The van der Waals surface area contributed by atoms with Crippen molar-refractivity contribution in [2.45, 2.75) is 51.1 Å². The van der Waals surface area contributed by atoms with E-state index in [1.165, 1.54) is 51.7 Å². The zero-order chi connectivity index (χ0) is 14.7. The number of ether oxygens (including phenoxy) is 1. The number of likely N-dealkylation sites (tertiary alicyclic amines) is 1. The Morgan fingerprint density at radius 3 is 2.86 bits per heavy atom. The molecule has 0 aromatic carbocycles. The summed E-state index contributed by atoms with van der Waals surface area (Å²) in [5, 5.41) is 3.59. The number of likely N-dealkylation sites (N-methyl/N-ethyl adjacent to an activating group) is 1. The monoisotopic (exact) mass is 295 g/mol. The Labute approximate surface area is 130 Å². The molecule has 3 aliphatic heterocycles. The molecular formula is C17H33N3O. The minimum absolute atomic E-state index is 0.344. The fourth-order valence-electron chi connectivity index (χ4n) is 4.62. The van der Waals surface area contributed by atoms with Crippen molar-refractivity contribution in [3.63, 3.8) is 0 Å². The van der Waals surface area contributed by atoms with Gasteiger partial charge in [-0.3, -0.25) is 4.90 Å². The third-order valence-corrected chi connectivity index (χ3v) is 5.95. The van der Waals surface area contributed by atoms with Crippen LogP contribution in [0, 0.1) is 5.41 Å². The van der Waals surface area contributed by atoms with E-state index in [0.717, 1.165) is 38.4 Å². The molecule has 2 bridgehead atoms. The molecule has 0 amide bonds. The van der Waals surface area contributed by atoms with Crippen LogP contribution in [0.25, 0.3) is 0 Å². The van der Waals surface area contributed by atoms with Crippen LogP contribution in [0.5, 0.6) is 0 Å². The molecule has 122 valence electrons. The lowest BCUT2D eigenvalue weighted by atomic mass is 9.81. The molecule has 3 rings (SSSR count). The predicted octanol–water partition coefficient (Wildman–Crippen LogP) is 1.56. The van der Waals surface area contributed by atoms with Crippen molar-refractivity contribution >= 4 is 0 Å². The lowest BCUT2D eigenvalue weighted by molar-refractivity contribution is -0.0269. The number of hydrogen-bond donors (Lipinski definition) is 1. The summed E-state index contributed by atoms with van der Waals surface area (Å²) in [4.78, 5) is 5.39. The lowest BCUT2D eigenvalue weighted by Gasteiger charge is -2.41. The average molecular weight is 295 g/mol. The molecule has 0 aliphatic carbocycles. The van der Waals surface area contributed by atoms with Gasteiger partial charge in [0.1, 0.15) is 0 Å². The number of nitrogens with zero attached hydrogens (tertiary/aromatic N) is 2. The zero-order valence-corrected chi connectivity index (χ0v) is 13.9. The smallest absolute Gasteiger partial charge is 0.0546 e. The highest BCUT2D eigenvalue weighted by atomic mass is 16.5. The van der Waals surface area contributed by atoms with Crippen LogP contribution in [-0.4, -0.2) is 74.9 Å². The molecule has 3 atom stereocenters. The van der Waals surface area contributed by atoms with Crippen molar-refractivity contribution in [2.24, 2.45) is 5.41 Å². The summed E-state index contributed by atoms with van der Waals surface area (Å²) in [6.45, 7) is 10.1. The molecule has 0 spiro atoms. The number of nitrogens with one attached hydrogen (secondary N) is 1. The summed E-state index contributed by atoms with van der Waals surface area (Å²) in [7, 11) is 2.34. The molecule has 3 fully saturated rings.